The number of benzene rings is 1. The molecule has 1 N–H and O–H groups in total. The Balaban J connectivity index is 2.60. The molecule has 5 nitrogen and oxygen atoms in total. The number of nitrogens with zero attached hydrogens (tertiary/aromatic N) is 1. The van der Waals surface area contributed by atoms with Crippen molar-refractivity contribution in [1.82, 2.24) is 10.2 Å². The van der Waals surface area contributed by atoms with Gasteiger partial charge in [0.1, 0.15) is 5.75 Å². The van der Waals surface area contributed by atoms with E-state index in [1.807, 2.05) is 6.07 Å². The molecule has 1 aromatic carbocycles. The predicted molar refractivity (Wildman–Crippen MR) is 77.8 cm³/mol. The Hall–Kier alpha value is -2.04. The molecular weight excluding hydrogens is 256 g/mol. The number of carbonyl (C=O) groups is 2. The number of carbonyl (C=O) groups excluding carboxylic acids is 2. The second kappa shape index (κ2) is 7.53. The van der Waals surface area contributed by atoms with Crippen molar-refractivity contribution in [2.24, 2.45) is 5.92 Å². The van der Waals surface area contributed by atoms with Crippen molar-refractivity contribution in [2.75, 3.05) is 27.2 Å². The fourth-order valence-electron chi connectivity index (χ4n) is 1.41. The van der Waals surface area contributed by atoms with Crippen LogP contribution in [0, 0.1) is 5.92 Å². The van der Waals surface area contributed by atoms with Gasteiger partial charge in [-0.3, -0.25) is 9.59 Å². The lowest BCUT2D eigenvalue weighted by atomic mass is 10.2. The van der Waals surface area contributed by atoms with Crippen molar-refractivity contribution in [3.63, 3.8) is 0 Å². The summed E-state index contributed by atoms with van der Waals surface area (Å²) in [7, 11) is 3.30. The average Bonchev–Trinajstić information content (AvgIpc) is 2.42. The van der Waals surface area contributed by atoms with E-state index in [9.17, 15) is 9.59 Å². The summed E-state index contributed by atoms with van der Waals surface area (Å²) >= 11 is 0. The van der Waals surface area contributed by atoms with Crippen LogP contribution in [-0.4, -0.2) is 44.0 Å². The fraction of sp³-hybridized carbons (Fsp3) is 0.467. The molecule has 0 aliphatic heterocycles. The highest BCUT2D eigenvalue weighted by Gasteiger charge is 2.10. The van der Waals surface area contributed by atoms with E-state index in [0.717, 1.165) is 0 Å². The summed E-state index contributed by atoms with van der Waals surface area (Å²) in [5.41, 5.74) is 0.484. The lowest BCUT2D eigenvalue weighted by molar-refractivity contribution is -0.127. The molecule has 0 saturated carbocycles. The van der Waals surface area contributed by atoms with E-state index in [0.29, 0.717) is 23.8 Å². The Morgan fingerprint density at radius 1 is 1.30 bits per heavy atom. The van der Waals surface area contributed by atoms with Crippen LogP contribution in [0.1, 0.15) is 24.2 Å². The Morgan fingerprint density at radius 3 is 2.60 bits per heavy atom. The number of amides is 2. The first-order valence-corrected chi connectivity index (χ1v) is 6.61. The molecule has 5 heteroatoms. The van der Waals surface area contributed by atoms with Crippen molar-refractivity contribution in [3.05, 3.63) is 29.8 Å². The monoisotopic (exact) mass is 278 g/mol. The lowest BCUT2D eigenvalue weighted by Crippen LogP contribution is -2.36. The first-order valence-electron chi connectivity index (χ1n) is 6.61. The van der Waals surface area contributed by atoms with E-state index in [-0.39, 0.29) is 18.4 Å². The van der Waals surface area contributed by atoms with Crippen LogP contribution in [0.3, 0.4) is 0 Å². The second-order valence-electron chi connectivity index (χ2n) is 5.20. The van der Waals surface area contributed by atoms with Gasteiger partial charge in [0.25, 0.3) is 5.91 Å². The number of hydrogen-bond acceptors (Lipinski definition) is 3. The van der Waals surface area contributed by atoms with Gasteiger partial charge in [0.05, 0.1) is 13.2 Å². The van der Waals surface area contributed by atoms with Crippen LogP contribution in [-0.2, 0) is 4.79 Å². The highest BCUT2D eigenvalue weighted by molar-refractivity contribution is 5.96. The summed E-state index contributed by atoms with van der Waals surface area (Å²) in [5, 5.41) is 2.59. The highest BCUT2D eigenvalue weighted by atomic mass is 16.5. The Kier molecular flexibility index (Phi) is 6.03. The molecule has 20 heavy (non-hydrogen) atoms. The fourth-order valence-corrected chi connectivity index (χ4v) is 1.41. The zero-order valence-corrected chi connectivity index (χ0v) is 12.5. The molecule has 2 amide bonds. The molecule has 0 unspecified atom stereocenters. The van der Waals surface area contributed by atoms with Crippen LogP contribution in [0.2, 0.25) is 0 Å². The minimum atomic E-state index is -0.282. The van der Waals surface area contributed by atoms with Gasteiger partial charge in [0, 0.05) is 19.7 Å². The Bertz CT molecular complexity index is 470. The molecule has 1 aromatic rings. The Labute approximate surface area is 119 Å². The molecule has 0 aliphatic carbocycles. The summed E-state index contributed by atoms with van der Waals surface area (Å²) in [5.74, 6) is 0.649. The number of likely N-dealkylation sites (N-methyl/N-ethyl adjacent to an activating group) is 1. The van der Waals surface area contributed by atoms with Crippen molar-refractivity contribution < 1.29 is 14.3 Å². The maximum atomic E-state index is 11.9. The van der Waals surface area contributed by atoms with Gasteiger partial charge in [-0.05, 0) is 24.1 Å². The van der Waals surface area contributed by atoms with Gasteiger partial charge < -0.3 is 15.0 Å². The second-order valence-corrected chi connectivity index (χ2v) is 5.20. The van der Waals surface area contributed by atoms with E-state index in [1.165, 1.54) is 4.90 Å². The zero-order chi connectivity index (χ0) is 15.1. The van der Waals surface area contributed by atoms with Crippen LogP contribution in [0.5, 0.6) is 5.75 Å². The van der Waals surface area contributed by atoms with Crippen molar-refractivity contribution >= 4 is 11.8 Å². The summed E-state index contributed by atoms with van der Waals surface area (Å²) in [4.78, 5) is 24.8. The molecule has 0 aromatic heterocycles. The molecular formula is C15H22N2O3. The number of hydrogen-bond donors (Lipinski definition) is 1. The van der Waals surface area contributed by atoms with E-state index in [4.69, 9.17) is 4.74 Å². The summed E-state index contributed by atoms with van der Waals surface area (Å²) in [6.45, 7) is 4.71. The molecule has 0 saturated heterocycles. The third kappa shape index (κ3) is 5.30. The summed E-state index contributed by atoms with van der Waals surface area (Å²) < 4.78 is 5.57. The molecule has 0 bridgehead atoms. The number of nitrogens with one attached hydrogen (secondary N) is 1. The van der Waals surface area contributed by atoms with Gasteiger partial charge in [-0.1, -0.05) is 19.9 Å². The number of rotatable bonds is 6. The van der Waals surface area contributed by atoms with Gasteiger partial charge in [0.15, 0.2) is 0 Å². The van der Waals surface area contributed by atoms with Crippen LogP contribution in [0.25, 0.3) is 0 Å². The normalized spacial score (nSPS) is 10.2. The SMILES string of the molecule is CC(C)COc1cccc(C(=O)NCC(=O)N(C)C)c1. The summed E-state index contributed by atoms with van der Waals surface area (Å²) in [6, 6.07) is 6.94. The first-order chi connectivity index (χ1) is 9.40. The average molecular weight is 278 g/mol. The third-order valence-corrected chi connectivity index (χ3v) is 2.58. The molecule has 110 valence electrons. The molecule has 0 spiro atoms. The topological polar surface area (TPSA) is 58.6 Å². The lowest BCUT2D eigenvalue weighted by Gasteiger charge is -2.12. The maximum absolute atomic E-state index is 11.9. The predicted octanol–water partition coefficient (Wildman–Crippen LogP) is 1.54. The molecule has 0 atom stereocenters. The largest absolute Gasteiger partial charge is 0.493 e. The molecule has 1 rings (SSSR count). The van der Waals surface area contributed by atoms with Gasteiger partial charge in [-0.2, -0.15) is 0 Å². The van der Waals surface area contributed by atoms with E-state index < -0.39 is 0 Å². The quantitative estimate of drug-likeness (QED) is 0.858. The number of ether oxygens (including phenoxy) is 1. The highest BCUT2D eigenvalue weighted by Crippen LogP contribution is 2.14. The van der Waals surface area contributed by atoms with Crippen LogP contribution < -0.4 is 10.1 Å². The van der Waals surface area contributed by atoms with Gasteiger partial charge in [-0.25, -0.2) is 0 Å². The standard InChI is InChI=1S/C15H22N2O3/c1-11(2)10-20-13-7-5-6-12(8-13)15(19)16-9-14(18)17(3)4/h5-8,11H,9-10H2,1-4H3,(H,16,19). The van der Waals surface area contributed by atoms with Crippen LogP contribution in [0.4, 0.5) is 0 Å². The molecule has 0 fully saturated rings. The van der Waals surface area contributed by atoms with Gasteiger partial charge >= 0.3 is 0 Å². The van der Waals surface area contributed by atoms with Crippen molar-refractivity contribution in [3.8, 4) is 5.75 Å². The van der Waals surface area contributed by atoms with Crippen molar-refractivity contribution in [2.45, 2.75) is 13.8 Å². The third-order valence-electron chi connectivity index (χ3n) is 2.58. The van der Waals surface area contributed by atoms with E-state index >= 15 is 0 Å². The summed E-state index contributed by atoms with van der Waals surface area (Å²) in [6.07, 6.45) is 0. The van der Waals surface area contributed by atoms with Gasteiger partial charge in [0.2, 0.25) is 5.91 Å². The molecule has 0 radical (unpaired) electrons. The molecule has 0 aliphatic rings. The van der Waals surface area contributed by atoms with Gasteiger partial charge in [-0.15, -0.1) is 0 Å². The zero-order valence-electron chi connectivity index (χ0n) is 12.5. The minimum Gasteiger partial charge on any atom is -0.493 e. The van der Waals surface area contributed by atoms with Crippen molar-refractivity contribution in [1.29, 1.82) is 0 Å². The smallest absolute Gasteiger partial charge is 0.251 e. The maximum Gasteiger partial charge on any atom is 0.251 e. The Morgan fingerprint density at radius 2 is 2.00 bits per heavy atom. The van der Waals surface area contributed by atoms with Crippen LogP contribution >= 0.6 is 0 Å². The molecule has 0 heterocycles. The first kappa shape index (κ1) is 16.0. The van der Waals surface area contributed by atoms with Crippen LogP contribution in [0.15, 0.2) is 24.3 Å². The minimum absolute atomic E-state index is 0.0110. The van der Waals surface area contributed by atoms with E-state index in [1.54, 1.807) is 32.3 Å². The van der Waals surface area contributed by atoms with E-state index in [2.05, 4.69) is 19.2 Å².